The van der Waals surface area contributed by atoms with E-state index >= 15 is 0 Å². The summed E-state index contributed by atoms with van der Waals surface area (Å²) in [6, 6.07) is 8.62. The zero-order chi connectivity index (χ0) is 13.7. The maximum Gasteiger partial charge on any atom is 0.0605 e. The van der Waals surface area contributed by atoms with Crippen LogP contribution in [0.3, 0.4) is 0 Å². The maximum absolute atomic E-state index is 10.2. The summed E-state index contributed by atoms with van der Waals surface area (Å²) in [7, 11) is 0. The van der Waals surface area contributed by atoms with Crippen LogP contribution in [0.2, 0.25) is 0 Å². The number of hydrogen-bond acceptors (Lipinski definition) is 2. The van der Waals surface area contributed by atoms with Gasteiger partial charge in [-0.05, 0) is 49.1 Å². The molecule has 106 valence electrons. The largest absolute Gasteiger partial charge is 0.393 e. The first-order valence-corrected chi connectivity index (χ1v) is 7.53. The fraction of sp³-hybridized carbons (Fsp3) is 0.647. The van der Waals surface area contributed by atoms with E-state index in [4.69, 9.17) is 4.74 Å². The van der Waals surface area contributed by atoms with Crippen LogP contribution in [0, 0.1) is 0 Å². The van der Waals surface area contributed by atoms with E-state index in [-0.39, 0.29) is 12.2 Å². The smallest absolute Gasteiger partial charge is 0.0605 e. The molecule has 19 heavy (non-hydrogen) atoms. The lowest BCUT2D eigenvalue weighted by atomic mass is 9.96. The molecule has 1 aliphatic rings. The Balaban J connectivity index is 1.82. The molecule has 1 aliphatic heterocycles. The molecule has 0 amide bonds. The zero-order valence-electron chi connectivity index (χ0n) is 12.1. The minimum absolute atomic E-state index is 0.263. The van der Waals surface area contributed by atoms with Crippen molar-refractivity contribution in [1.29, 1.82) is 0 Å². The summed E-state index contributed by atoms with van der Waals surface area (Å²) in [6.07, 6.45) is 4.99. The average molecular weight is 262 g/mol. The quantitative estimate of drug-likeness (QED) is 0.877. The van der Waals surface area contributed by atoms with Crippen molar-refractivity contribution in [3.63, 3.8) is 0 Å². The van der Waals surface area contributed by atoms with Gasteiger partial charge >= 0.3 is 0 Å². The van der Waals surface area contributed by atoms with Crippen LogP contribution in [0.4, 0.5) is 0 Å². The molecular weight excluding hydrogens is 236 g/mol. The molecule has 2 nitrogen and oxygen atoms in total. The molecule has 2 atom stereocenters. The number of benzene rings is 1. The average Bonchev–Trinajstić information content (AvgIpc) is 2.40. The Bertz CT molecular complexity index is 363. The van der Waals surface area contributed by atoms with Crippen molar-refractivity contribution in [2.75, 3.05) is 6.61 Å². The minimum Gasteiger partial charge on any atom is -0.393 e. The van der Waals surface area contributed by atoms with Gasteiger partial charge in [-0.3, -0.25) is 0 Å². The van der Waals surface area contributed by atoms with E-state index in [2.05, 4.69) is 38.1 Å². The molecule has 1 saturated heterocycles. The van der Waals surface area contributed by atoms with Crippen LogP contribution in [0.5, 0.6) is 0 Å². The van der Waals surface area contributed by atoms with E-state index < -0.39 is 0 Å². The van der Waals surface area contributed by atoms with Gasteiger partial charge in [-0.25, -0.2) is 0 Å². The lowest BCUT2D eigenvalue weighted by Crippen LogP contribution is -2.25. The standard InChI is InChI=1S/C17H26O2/c1-13(2)15-8-6-14(7-9-15)11-16(18)12-17-5-3-4-10-19-17/h6-9,13,16-18H,3-5,10-12H2,1-2H3. The van der Waals surface area contributed by atoms with Crippen LogP contribution in [0.1, 0.15) is 56.6 Å². The number of aliphatic hydroxyl groups is 1. The Labute approximate surface area is 116 Å². The molecule has 1 fully saturated rings. The summed E-state index contributed by atoms with van der Waals surface area (Å²) in [4.78, 5) is 0. The Morgan fingerprint density at radius 2 is 1.95 bits per heavy atom. The SMILES string of the molecule is CC(C)c1ccc(CC(O)CC2CCCCO2)cc1. The highest BCUT2D eigenvalue weighted by Crippen LogP contribution is 2.20. The Morgan fingerprint density at radius 3 is 2.53 bits per heavy atom. The second-order valence-corrected chi connectivity index (χ2v) is 5.98. The molecule has 1 heterocycles. The van der Waals surface area contributed by atoms with Gasteiger partial charge in [0.05, 0.1) is 12.2 Å². The fourth-order valence-electron chi connectivity index (χ4n) is 2.69. The van der Waals surface area contributed by atoms with E-state index in [1.807, 2.05) is 0 Å². The van der Waals surface area contributed by atoms with Gasteiger partial charge in [0.15, 0.2) is 0 Å². The molecule has 0 aromatic heterocycles. The summed E-state index contributed by atoms with van der Waals surface area (Å²) in [5.74, 6) is 0.564. The van der Waals surface area contributed by atoms with E-state index in [0.717, 1.165) is 25.9 Å². The first-order chi connectivity index (χ1) is 9.15. The predicted octanol–water partition coefficient (Wildman–Crippen LogP) is 3.67. The number of rotatable bonds is 5. The van der Waals surface area contributed by atoms with E-state index in [0.29, 0.717) is 5.92 Å². The minimum atomic E-state index is -0.284. The molecular formula is C17H26O2. The van der Waals surface area contributed by atoms with Crippen LogP contribution >= 0.6 is 0 Å². The summed E-state index contributed by atoms with van der Waals surface area (Å²) in [5.41, 5.74) is 2.57. The van der Waals surface area contributed by atoms with Crippen LogP contribution in [0.15, 0.2) is 24.3 Å². The first kappa shape index (κ1) is 14.5. The molecule has 2 unspecified atom stereocenters. The zero-order valence-corrected chi connectivity index (χ0v) is 12.1. The molecule has 0 saturated carbocycles. The normalized spacial score (nSPS) is 21.6. The maximum atomic E-state index is 10.2. The van der Waals surface area contributed by atoms with Crippen LogP contribution in [-0.2, 0) is 11.2 Å². The third-order valence-corrected chi connectivity index (χ3v) is 3.93. The van der Waals surface area contributed by atoms with Gasteiger partial charge in [0.25, 0.3) is 0 Å². The number of hydrogen-bond donors (Lipinski definition) is 1. The summed E-state index contributed by atoms with van der Waals surface area (Å²) >= 11 is 0. The topological polar surface area (TPSA) is 29.5 Å². The predicted molar refractivity (Wildman–Crippen MR) is 78.4 cm³/mol. The van der Waals surface area contributed by atoms with Gasteiger partial charge in [0.2, 0.25) is 0 Å². The van der Waals surface area contributed by atoms with Crippen molar-refractivity contribution in [2.24, 2.45) is 0 Å². The second kappa shape index (κ2) is 7.06. The monoisotopic (exact) mass is 262 g/mol. The molecule has 0 aliphatic carbocycles. The van der Waals surface area contributed by atoms with Crippen LogP contribution in [-0.4, -0.2) is 23.9 Å². The fourth-order valence-corrected chi connectivity index (χ4v) is 2.69. The van der Waals surface area contributed by atoms with E-state index in [1.165, 1.54) is 24.0 Å². The molecule has 0 bridgehead atoms. The van der Waals surface area contributed by atoms with Gasteiger partial charge in [0, 0.05) is 6.61 Å². The van der Waals surface area contributed by atoms with Crippen LogP contribution < -0.4 is 0 Å². The van der Waals surface area contributed by atoms with Gasteiger partial charge in [-0.1, -0.05) is 38.1 Å². The van der Waals surface area contributed by atoms with Crippen molar-refractivity contribution >= 4 is 0 Å². The lowest BCUT2D eigenvalue weighted by Gasteiger charge is -2.24. The molecule has 1 N–H and O–H groups in total. The van der Waals surface area contributed by atoms with Gasteiger partial charge in [-0.15, -0.1) is 0 Å². The Morgan fingerprint density at radius 1 is 1.21 bits per heavy atom. The summed E-state index contributed by atoms with van der Waals surface area (Å²) < 4.78 is 5.68. The van der Waals surface area contributed by atoms with Gasteiger partial charge in [0.1, 0.15) is 0 Å². The first-order valence-electron chi connectivity index (χ1n) is 7.53. The lowest BCUT2D eigenvalue weighted by molar-refractivity contribution is -0.0147. The van der Waals surface area contributed by atoms with Gasteiger partial charge < -0.3 is 9.84 Å². The molecule has 2 rings (SSSR count). The number of ether oxygens (including phenoxy) is 1. The summed E-state index contributed by atoms with van der Waals surface area (Å²) in [5, 5.41) is 10.2. The Hall–Kier alpha value is -0.860. The third kappa shape index (κ3) is 4.63. The molecule has 0 radical (unpaired) electrons. The van der Waals surface area contributed by atoms with Crippen molar-refractivity contribution in [1.82, 2.24) is 0 Å². The Kier molecular flexibility index (Phi) is 5.41. The highest BCUT2D eigenvalue weighted by molar-refractivity contribution is 5.25. The van der Waals surface area contributed by atoms with Crippen LogP contribution in [0.25, 0.3) is 0 Å². The molecule has 1 aromatic carbocycles. The third-order valence-electron chi connectivity index (χ3n) is 3.93. The molecule has 0 spiro atoms. The highest BCUT2D eigenvalue weighted by Gasteiger charge is 2.18. The van der Waals surface area contributed by atoms with Crippen molar-refractivity contribution in [3.8, 4) is 0 Å². The van der Waals surface area contributed by atoms with E-state index in [9.17, 15) is 5.11 Å². The summed E-state index contributed by atoms with van der Waals surface area (Å²) in [6.45, 7) is 5.26. The van der Waals surface area contributed by atoms with Crippen molar-refractivity contribution < 1.29 is 9.84 Å². The van der Waals surface area contributed by atoms with Gasteiger partial charge in [-0.2, -0.15) is 0 Å². The number of aliphatic hydroxyl groups excluding tert-OH is 1. The molecule has 1 aromatic rings. The van der Waals surface area contributed by atoms with E-state index in [1.54, 1.807) is 0 Å². The molecule has 2 heteroatoms. The second-order valence-electron chi connectivity index (χ2n) is 5.98. The van der Waals surface area contributed by atoms with Crippen molar-refractivity contribution in [3.05, 3.63) is 35.4 Å². The van der Waals surface area contributed by atoms with Crippen molar-refractivity contribution in [2.45, 2.75) is 64.1 Å². The highest BCUT2D eigenvalue weighted by atomic mass is 16.5.